The molecule has 0 spiro atoms. The summed E-state index contributed by atoms with van der Waals surface area (Å²) in [6.45, 7) is 2.41. The van der Waals surface area contributed by atoms with Crippen LogP contribution >= 0.6 is 0 Å². The zero-order valence-electron chi connectivity index (χ0n) is 12.1. The minimum absolute atomic E-state index is 0.724. The van der Waals surface area contributed by atoms with Crippen LogP contribution in [-0.2, 0) is 0 Å². The Hall–Kier alpha value is -0.820. The average molecular weight is 257 g/mol. The first kappa shape index (κ1) is 13.2. The summed E-state index contributed by atoms with van der Waals surface area (Å²) in [5, 5.41) is 3.89. The van der Waals surface area contributed by atoms with Crippen molar-refractivity contribution in [1.82, 2.24) is 5.32 Å². The Balaban J connectivity index is 1.43. The molecule has 2 fully saturated rings. The lowest BCUT2D eigenvalue weighted by Gasteiger charge is -2.40. The molecule has 0 radical (unpaired) electrons. The second-order valence-corrected chi connectivity index (χ2v) is 6.63. The molecule has 2 saturated carbocycles. The molecule has 2 aliphatic carbocycles. The third-order valence-corrected chi connectivity index (χ3v) is 5.26. The van der Waals surface area contributed by atoms with Gasteiger partial charge in [0.25, 0.3) is 0 Å². The Kier molecular flexibility index (Phi) is 4.22. The van der Waals surface area contributed by atoms with Crippen molar-refractivity contribution in [2.45, 2.75) is 69.9 Å². The minimum Gasteiger partial charge on any atom is -0.311 e. The van der Waals surface area contributed by atoms with Crippen LogP contribution in [0, 0.1) is 5.92 Å². The second-order valence-electron chi connectivity index (χ2n) is 6.63. The quantitative estimate of drug-likeness (QED) is 0.838. The van der Waals surface area contributed by atoms with Crippen LogP contribution in [0.2, 0.25) is 0 Å². The van der Waals surface area contributed by atoms with Crippen molar-refractivity contribution in [1.29, 1.82) is 0 Å². The molecule has 1 atom stereocenters. The van der Waals surface area contributed by atoms with Crippen LogP contribution in [0.25, 0.3) is 0 Å². The molecular formula is C18H27N. The second kappa shape index (κ2) is 6.09. The molecule has 19 heavy (non-hydrogen) atoms. The molecule has 104 valence electrons. The van der Waals surface area contributed by atoms with Crippen LogP contribution in [0.4, 0.5) is 0 Å². The van der Waals surface area contributed by atoms with Gasteiger partial charge in [-0.2, -0.15) is 0 Å². The monoisotopic (exact) mass is 257 g/mol. The summed E-state index contributed by atoms with van der Waals surface area (Å²) in [5.41, 5.74) is 1.53. The van der Waals surface area contributed by atoms with Crippen molar-refractivity contribution in [2.24, 2.45) is 5.92 Å². The first-order valence-corrected chi connectivity index (χ1v) is 8.14. The Morgan fingerprint density at radius 2 is 1.68 bits per heavy atom. The molecule has 1 aromatic rings. The molecule has 0 aromatic heterocycles. The van der Waals surface area contributed by atoms with Gasteiger partial charge in [-0.3, -0.25) is 0 Å². The zero-order valence-corrected chi connectivity index (χ0v) is 12.1. The maximum atomic E-state index is 3.89. The Bertz CT molecular complexity index is 374. The summed E-state index contributed by atoms with van der Waals surface area (Å²) in [4.78, 5) is 0. The van der Waals surface area contributed by atoms with Gasteiger partial charge in [0.05, 0.1) is 0 Å². The highest BCUT2D eigenvalue weighted by Gasteiger charge is 2.32. The van der Waals surface area contributed by atoms with E-state index in [0.29, 0.717) is 0 Å². The van der Waals surface area contributed by atoms with E-state index >= 15 is 0 Å². The molecule has 0 saturated heterocycles. The minimum atomic E-state index is 0.724. The van der Waals surface area contributed by atoms with Gasteiger partial charge in [0.15, 0.2) is 0 Å². The summed E-state index contributed by atoms with van der Waals surface area (Å²) in [6, 6.07) is 12.5. The van der Waals surface area contributed by atoms with Crippen LogP contribution in [-0.4, -0.2) is 12.1 Å². The highest BCUT2D eigenvalue weighted by atomic mass is 15.0. The summed E-state index contributed by atoms with van der Waals surface area (Å²) < 4.78 is 0. The number of hydrogen-bond donors (Lipinski definition) is 1. The fourth-order valence-electron chi connectivity index (χ4n) is 3.89. The summed E-state index contributed by atoms with van der Waals surface area (Å²) >= 11 is 0. The molecule has 1 heteroatoms. The van der Waals surface area contributed by atoms with Gasteiger partial charge in [-0.25, -0.2) is 0 Å². The molecular weight excluding hydrogens is 230 g/mol. The number of rotatable bonds is 4. The summed E-state index contributed by atoms with van der Waals surface area (Å²) in [6.07, 6.45) is 9.93. The molecule has 1 aromatic carbocycles. The Morgan fingerprint density at radius 3 is 2.37 bits per heavy atom. The fourth-order valence-corrected chi connectivity index (χ4v) is 3.89. The average Bonchev–Trinajstić information content (AvgIpc) is 2.44. The lowest BCUT2D eigenvalue weighted by atomic mass is 9.75. The van der Waals surface area contributed by atoms with E-state index in [-0.39, 0.29) is 0 Å². The van der Waals surface area contributed by atoms with Crippen molar-refractivity contribution in [3.63, 3.8) is 0 Å². The van der Waals surface area contributed by atoms with Crippen molar-refractivity contribution < 1.29 is 0 Å². The third kappa shape index (κ3) is 3.20. The van der Waals surface area contributed by atoms with Crippen molar-refractivity contribution in [3.8, 4) is 0 Å². The van der Waals surface area contributed by atoms with Crippen LogP contribution in [0.15, 0.2) is 30.3 Å². The maximum absolute atomic E-state index is 3.89. The van der Waals surface area contributed by atoms with E-state index < -0.39 is 0 Å². The standard InChI is InChI=1S/C18H27N/c1-14(15-8-4-2-5-9-15)19-18-12-17(13-18)16-10-6-3-7-11-16/h3,6-7,10-11,14-15,17-19H,2,4-5,8-9,12-13H2,1H3. The van der Waals surface area contributed by atoms with Gasteiger partial charge in [-0.15, -0.1) is 0 Å². The van der Waals surface area contributed by atoms with Gasteiger partial charge in [-0.1, -0.05) is 49.6 Å². The molecule has 0 heterocycles. The highest BCUT2D eigenvalue weighted by Crippen LogP contribution is 2.37. The van der Waals surface area contributed by atoms with Crippen LogP contribution in [0.1, 0.15) is 63.4 Å². The van der Waals surface area contributed by atoms with Crippen LogP contribution < -0.4 is 5.32 Å². The molecule has 1 N–H and O–H groups in total. The van der Waals surface area contributed by atoms with Crippen molar-refractivity contribution in [2.75, 3.05) is 0 Å². The molecule has 1 nitrogen and oxygen atoms in total. The predicted octanol–water partition coefficient (Wildman–Crippen LogP) is 4.49. The first-order valence-electron chi connectivity index (χ1n) is 8.14. The first-order chi connectivity index (χ1) is 9.33. The topological polar surface area (TPSA) is 12.0 Å². The highest BCUT2D eigenvalue weighted by molar-refractivity contribution is 5.22. The maximum Gasteiger partial charge on any atom is 0.00813 e. The predicted molar refractivity (Wildman–Crippen MR) is 81.4 cm³/mol. The molecule has 3 rings (SSSR count). The van der Waals surface area contributed by atoms with E-state index in [0.717, 1.165) is 23.9 Å². The normalized spacial score (nSPS) is 29.7. The van der Waals surface area contributed by atoms with Gasteiger partial charge in [-0.05, 0) is 50.0 Å². The summed E-state index contributed by atoms with van der Waals surface area (Å²) in [5.74, 6) is 1.74. The van der Waals surface area contributed by atoms with Crippen molar-refractivity contribution in [3.05, 3.63) is 35.9 Å². The zero-order chi connectivity index (χ0) is 13.1. The Morgan fingerprint density at radius 1 is 1.00 bits per heavy atom. The number of nitrogens with one attached hydrogen (secondary N) is 1. The molecule has 0 amide bonds. The number of hydrogen-bond acceptors (Lipinski definition) is 1. The number of benzene rings is 1. The lowest BCUT2D eigenvalue weighted by molar-refractivity contribution is 0.211. The molecule has 0 aliphatic heterocycles. The van der Waals surface area contributed by atoms with E-state index in [2.05, 4.69) is 42.6 Å². The fraction of sp³-hybridized carbons (Fsp3) is 0.667. The van der Waals surface area contributed by atoms with E-state index in [1.807, 2.05) is 0 Å². The van der Waals surface area contributed by atoms with E-state index in [9.17, 15) is 0 Å². The summed E-state index contributed by atoms with van der Waals surface area (Å²) in [7, 11) is 0. The van der Waals surface area contributed by atoms with Crippen molar-refractivity contribution >= 4 is 0 Å². The van der Waals surface area contributed by atoms with E-state index in [1.54, 1.807) is 0 Å². The molecule has 0 bridgehead atoms. The van der Waals surface area contributed by atoms with Gasteiger partial charge in [0, 0.05) is 12.1 Å². The smallest absolute Gasteiger partial charge is 0.00813 e. The SMILES string of the molecule is CC(NC1CC(c2ccccc2)C1)C1CCCCC1. The van der Waals surface area contributed by atoms with Gasteiger partial charge >= 0.3 is 0 Å². The van der Waals surface area contributed by atoms with Crippen LogP contribution in [0.5, 0.6) is 0 Å². The molecule has 1 unspecified atom stereocenters. The van der Waals surface area contributed by atoms with E-state index in [4.69, 9.17) is 0 Å². The van der Waals surface area contributed by atoms with Crippen LogP contribution in [0.3, 0.4) is 0 Å². The van der Waals surface area contributed by atoms with Gasteiger partial charge < -0.3 is 5.32 Å². The largest absolute Gasteiger partial charge is 0.311 e. The van der Waals surface area contributed by atoms with Gasteiger partial charge in [0.1, 0.15) is 0 Å². The van der Waals surface area contributed by atoms with E-state index in [1.165, 1.54) is 50.5 Å². The Labute approximate surface area is 117 Å². The van der Waals surface area contributed by atoms with Gasteiger partial charge in [0.2, 0.25) is 0 Å². The third-order valence-electron chi connectivity index (χ3n) is 5.26. The lowest BCUT2D eigenvalue weighted by Crippen LogP contribution is -2.47. The molecule has 2 aliphatic rings.